The van der Waals surface area contributed by atoms with Gasteiger partial charge in [0, 0.05) is 0 Å². The Labute approximate surface area is 72.1 Å². The summed E-state index contributed by atoms with van der Waals surface area (Å²) in [7, 11) is 1.68. The minimum absolute atomic E-state index is 0.0169. The number of rotatable bonds is 4. The van der Waals surface area contributed by atoms with E-state index in [0.29, 0.717) is 6.54 Å². The topological polar surface area (TPSA) is 46.8 Å². The molecule has 12 heavy (non-hydrogen) atoms. The van der Waals surface area contributed by atoms with Crippen molar-refractivity contribution in [2.45, 2.75) is 12.8 Å². The van der Waals surface area contributed by atoms with Crippen LogP contribution in [-0.2, 0) is 0 Å². The van der Waals surface area contributed by atoms with Gasteiger partial charge in [-0.2, -0.15) is 0 Å². The van der Waals surface area contributed by atoms with E-state index in [1.165, 1.54) is 5.01 Å². The van der Waals surface area contributed by atoms with Crippen LogP contribution in [0.1, 0.15) is 12.8 Å². The summed E-state index contributed by atoms with van der Waals surface area (Å²) < 4.78 is 0. The molecule has 0 aromatic carbocycles. The maximum absolute atomic E-state index is 11.4. The van der Waals surface area contributed by atoms with Crippen LogP contribution in [0.2, 0.25) is 0 Å². The van der Waals surface area contributed by atoms with E-state index in [9.17, 15) is 4.91 Å². The van der Waals surface area contributed by atoms with Gasteiger partial charge in [-0.1, -0.05) is 0 Å². The van der Waals surface area contributed by atoms with Crippen molar-refractivity contribution in [3.8, 4) is 0 Å². The van der Waals surface area contributed by atoms with Gasteiger partial charge >= 0.3 is 0 Å². The summed E-state index contributed by atoms with van der Waals surface area (Å²) in [4.78, 5) is 12.2. The summed E-state index contributed by atoms with van der Waals surface area (Å²) >= 11 is 0. The molecule has 0 spiro atoms. The van der Waals surface area contributed by atoms with Gasteiger partial charge in [0.1, 0.15) is 6.54 Å². The van der Waals surface area contributed by atoms with Crippen molar-refractivity contribution in [3.63, 3.8) is 0 Å². The van der Waals surface area contributed by atoms with Crippen molar-refractivity contribution < 1.29 is 10.1 Å². The van der Waals surface area contributed by atoms with Crippen molar-refractivity contribution in [2.75, 3.05) is 33.3 Å². The monoisotopic (exact) mass is 174 g/mol. The Balaban J connectivity index is 2.34. The Bertz CT molecular complexity index is 157. The summed E-state index contributed by atoms with van der Waals surface area (Å²) in [5.41, 5.74) is 0. The van der Waals surface area contributed by atoms with Crippen LogP contribution >= 0.6 is 0 Å². The van der Waals surface area contributed by atoms with E-state index in [1.54, 1.807) is 12.1 Å². The fourth-order valence-corrected chi connectivity index (χ4v) is 1.32. The Morgan fingerprint density at radius 2 is 2.08 bits per heavy atom. The van der Waals surface area contributed by atoms with Gasteiger partial charge in [-0.15, -0.1) is 10.0 Å². The van der Waals surface area contributed by atoms with Crippen molar-refractivity contribution in [2.24, 2.45) is 0 Å². The Hall–Kier alpha value is -0.840. The second kappa shape index (κ2) is 4.25. The molecule has 1 rings (SSSR count). The average Bonchev–Trinajstić information content (AvgIpc) is 2.55. The van der Waals surface area contributed by atoms with Crippen LogP contribution in [0.5, 0.6) is 0 Å². The number of likely N-dealkylation sites (N-methyl/N-ethyl adjacent to an activating group) is 1. The molecule has 0 aliphatic carbocycles. The molecule has 0 atom stereocenters. The molecule has 0 saturated carbocycles. The highest BCUT2D eigenvalue weighted by Gasteiger charge is 2.28. The summed E-state index contributed by atoms with van der Waals surface area (Å²) in [5.74, 6) is 0. The molecule has 0 bridgehead atoms. The quantitative estimate of drug-likeness (QED) is 0.466. The highest BCUT2D eigenvalue weighted by Crippen LogP contribution is 2.07. The minimum atomic E-state index is 0.0169. The van der Waals surface area contributed by atoms with Crippen LogP contribution < -0.4 is 0 Å². The van der Waals surface area contributed by atoms with Gasteiger partial charge in [0.15, 0.2) is 0 Å². The second-order valence-electron chi connectivity index (χ2n) is 3.02. The number of hydrogen-bond acceptors (Lipinski definition) is 2. The van der Waals surface area contributed by atoms with Crippen LogP contribution in [0, 0.1) is 4.91 Å². The highest BCUT2D eigenvalue weighted by atomic mass is 16.4. The normalized spacial score (nSPS) is 16.7. The Morgan fingerprint density at radius 1 is 1.50 bits per heavy atom. The molecule has 0 aromatic rings. The van der Waals surface area contributed by atoms with Gasteiger partial charge in [-0.3, -0.25) is 0 Å². The number of hydrazine groups is 2. The largest absolute Gasteiger partial charge is 0.394 e. The fraction of sp³-hybridized carbons (Fsp3) is 1.00. The van der Waals surface area contributed by atoms with Crippen LogP contribution in [0.25, 0.3) is 0 Å². The first-order chi connectivity index (χ1) is 5.75. The molecule has 1 fully saturated rings. The molecule has 0 radical (unpaired) electrons. The van der Waals surface area contributed by atoms with Crippen molar-refractivity contribution in [1.29, 1.82) is 0 Å². The number of aliphatic hydroxyl groups excluding tert-OH is 1. The molecule has 70 valence electrons. The maximum Gasteiger partial charge on any atom is 0.250 e. The third kappa shape index (κ3) is 2.07. The van der Waals surface area contributed by atoms with E-state index in [-0.39, 0.29) is 6.61 Å². The third-order valence-corrected chi connectivity index (χ3v) is 2.04. The van der Waals surface area contributed by atoms with E-state index >= 15 is 0 Å². The summed E-state index contributed by atoms with van der Waals surface area (Å²) in [5, 5.41) is 11.8. The van der Waals surface area contributed by atoms with Gasteiger partial charge in [0.25, 0.3) is 4.98 Å². The molecule has 1 N–H and O–H groups in total. The first-order valence-corrected chi connectivity index (χ1v) is 4.29. The van der Waals surface area contributed by atoms with Crippen molar-refractivity contribution in [1.82, 2.24) is 10.0 Å². The van der Waals surface area contributed by atoms with Crippen molar-refractivity contribution in [3.05, 3.63) is 4.91 Å². The molecule has 1 aliphatic heterocycles. The maximum atomic E-state index is 11.4. The molecule has 1 heterocycles. The van der Waals surface area contributed by atoms with Crippen LogP contribution in [0.3, 0.4) is 0 Å². The SMILES string of the molecule is CN(CCO)[N+](=O)N1CCCC1. The van der Waals surface area contributed by atoms with E-state index in [1.807, 2.05) is 0 Å². The third-order valence-electron chi connectivity index (χ3n) is 2.04. The molecule has 1 aliphatic rings. The van der Waals surface area contributed by atoms with Crippen molar-refractivity contribution >= 4 is 0 Å². The zero-order valence-electron chi connectivity index (χ0n) is 7.44. The predicted octanol–water partition coefficient (Wildman–Crippen LogP) is -0.385. The van der Waals surface area contributed by atoms with Crippen LogP contribution in [0.15, 0.2) is 0 Å². The van der Waals surface area contributed by atoms with Gasteiger partial charge < -0.3 is 5.11 Å². The molecular formula is C7H16N3O2+. The van der Waals surface area contributed by atoms with Crippen LogP contribution in [-0.4, -0.2) is 53.4 Å². The lowest BCUT2D eigenvalue weighted by Crippen LogP contribution is -2.42. The lowest BCUT2D eigenvalue weighted by atomic mass is 10.4. The predicted molar refractivity (Wildman–Crippen MR) is 44.2 cm³/mol. The number of nitroso groups, excluding NO2 is 1. The molecule has 0 unspecified atom stereocenters. The Morgan fingerprint density at radius 3 is 2.58 bits per heavy atom. The lowest BCUT2D eigenvalue weighted by molar-refractivity contribution is -0.824. The number of aliphatic hydroxyl groups is 1. The smallest absolute Gasteiger partial charge is 0.250 e. The molecule has 0 amide bonds. The van der Waals surface area contributed by atoms with Gasteiger partial charge in [0.05, 0.1) is 31.7 Å². The van der Waals surface area contributed by atoms with E-state index in [2.05, 4.69) is 0 Å². The number of hydrogen-bond donors (Lipinski definition) is 1. The zero-order chi connectivity index (χ0) is 8.97. The molecular weight excluding hydrogens is 158 g/mol. The molecule has 1 saturated heterocycles. The molecule has 0 aromatic heterocycles. The van der Waals surface area contributed by atoms with Crippen LogP contribution in [0.4, 0.5) is 0 Å². The van der Waals surface area contributed by atoms with E-state index < -0.39 is 0 Å². The van der Waals surface area contributed by atoms with Gasteiger partial charge in [0.2, 0.25) is 0 Å². The van der Waals surface area contributed by atoms with E-state index in [0.717, 1.165) is 30.9 Å². The summed E-state index contributed by atoms with van der Waals surface area (Å²) in [6.07, 6.45) is 2.18. The number of nitrogens with zero attached hydrogens (tertiary/aromatic N) is 3. The average molecular weight is 174 g/mol. The summed E-state index contributed by atoms with van der Waals surface area (Å²) in [6.45, 7) is 2.07. The first-order valence-electron chi connectivity index (χ1n) is 4.29. The fourth-order valence-electron chi connectivity index (χ4n) is 1.32. The second-order valence-corrected chi connectivity index (χ2v) is 3.02. The van der Waals surface area contributed by atoms with E-state index in [4.69, 9.17) is 5.11 Å². The zero-order valence-corrected chi connectivity index (χ0v) is 7.44. The summed E-state index contributed by atoms with van der Waals surface area (Å²) in [6, 6.07) is 0. The molecule has 5 heteroatoms. The first kappa shape index (κ1) is 9.25. The minimum Gasteiger partial charge on any atom is -0.394 e. The molecule has 5 nitrogen and oxygen atoms in total. The van der Waals surface area contributed by atoms with Gasteiger partial charge in [-0.25, -0.2) is 0 Å². The standard InChI is InChI=1S/C7H16N3O2/c1-8(6-7-11)10(12)9-4-2-3-5-9/h11H,2-7H2,1H3/q+1. The van der Waals surface area contributed by atoms with Gasteiger partial charge in [-0.05, 0) is 12.8 Å². The lowest BCUT2D eigenvalue weighted by Gasteiger charge is -2.12. The Kier molecular flexibility index (Phi) is 3.28. The highest BCUT2D eigenvalue weighted by molar-refractivity contribution is 4.55.